The molecule has 0 heterocycles. The fourth-order valence-electron chi connectivity index (χ4n) is 2.56. The fraction of sp³-hybridized carbons (Fsp3) is 0.0455. The quantitative estimate of drug-likeness (QED) is 0.299. The molecule has 0 atom stereocenters. The van der Waals surface area contributed by atoms with Crippen molar-refractivity contribution in [3.05, 3.63) is 93.5 Å². The number of esters is 2. The van der Waals surface area contributed by atoms with Crippen LogP contribution in [0.1, 0.15) is 38.0 Å². The van der Waals surface area contributed by atoms with Crippen LogP contribution in [0, 0.1) is 0 Å². The molecule has 0 aliphatic heterocycles. The zero-order chi connectivity index (χ0) is 21.0. The summed E-state index contributed by atoms with van der Waals surface area (Å²) in [5.41, 5.74) is 0.322. The van der Waals surface area contributed by atoms with Crippen molar-refractivity contribution in [1.29, 1.82) is 0 Å². The Bertz CT molecular complexity index is 1000. The molecule has 3 aromatic rings. The minimum atomic E-state index is -0.724. The zero-order valence-electron chi connectivity index (χ0n) is 15.1. The van der Waals surface area contributed by atoms with Crippen molar-refractivity contribution in [3.63, 3.8) is 0 Å². The Balaban J connectivity index is 2.03. The van der Waals surface area contributed by atoms with E-state index in [2.05, 4.69) is 0 Å². The van der Waals surface area contributed by atoms with Gasteiger partial charge in [0.05, 0.1) is 21.2 Å². The van der Waals surface area contributed by atoms with Gasteiger partial charge in [-0.05, 0) is 37.3 Å². The Morgan fingerprint density at radius 2 is 1.07 bits per heavy atom. The number of carbonyl (C=O) groups excluding carboxylic acids is 3. The first-order valence-electron chi connectivity index (χ1n) is 8.46. The first kappa shape index (κ1) is 20.6. The van der Waals surface area contributed by atoms with Crippen LogP contribution in [-0.4, -0.2) is 17.7 Å². The molecule has 146 valence electrons. The summed E-state index contributed by atoms with van der Waals surface area (Å²) in [5, 5.41) is -0.131. The van der Waals surface area contributed by atoms with Crippen LogP contribution in [0.5, 0.6) is 11.5 Å². The van der Waals surface area contributed by atoms with Gasteiger partial charge in [0.1, 0.15) is 5.56 Å². The van der Waals surface area contributed by atoms with Crippen molar-refractivity contribution >= 4 is 40.9 Å². The van der Waals surface area contributed by atoms with Crippen molar-refractivity contribution in [1.82, 2.24) is 0 Å². The number of ketones is 1. The molecule has 29 heavy (non-hydrogen) atoms. The third-order valence-corrected chi connectivity index (χ3v) is 4.46. The maximum absolute atomic E-state index is 12.4. The number of Topliss-reactive ketones (excluding diaryl/α,β-unsaturated/α-hetero) is 1. The highest BCUT2D eigenvalue weighted by atomic mass is 35.5. The molecule has 0 aliphatic carbocycles. The summed E-state index contributed by atoms with van der Waals surface area (Å²) in [4.78, 5) is 37.2. The van der Waals surface area contributed by atoms with Gasteiger partial charge in [-0.2, -0.15) is 0 Å². The van der Waals surface area contributed by atoms with Gasteiger partial charge in [0, 0.05) is 0 Å². The second-order valence-corrected chi connectivity index (χ2v) is 6.76. The predicted molar refractivity (Wildman–Crippen MR) is 109 cm³/mol. The highest BCUT2D eigenvalue weighted by molar-refractivity contribution is 6.38. The standard InChI is InChI=1S/C22H14Cl2O5/c1-13(25)18-19(28-21(26)14-8-4-2-5-9-14)16(23)12-17(24)20(18)29-22(27)15-10-6-3-7-11-15/h2-12H,1H3. The lowest BCUT2D eigenvalue weighted by atomic mass is 10.1. The molecule has 0 unspecified atom stereocenters. The summed E-state index contributed by atoms with van der Waals surface area (Å²) in [7, 11) is 0. The predicted octanol–water partition coefficient (Wildman–Crippen LogP) is 5.63. The number of ether oxygens (including phenoxy) is 2. The number of benzene rings is 3. The number of halogens is 2. The number of carbonyl (C=O) groups is 3. The van der Waals surface area contributed by atoms with E-state index < -0.39 is 17.7 Å². The molecule has 0 fully saturated rings. The van der Waals surface area contributed by atoms with Crippen LogP contribution in [0.3, 0.4) is 0 Å². The number of rotatable bonds is 5. The molecule has 7 heteroatoms. The monoisotopic (exact) mass is 428 g/mol. The Kier molecular flexibility index (Phi) is 6.32. The molecule has 0 spiro atoms. The second kappa shape index (κ2) is 8.90. The van der Waals surface area contributed by atoms with E-state index in [1.54, 1.807) is 60.7 Å². The molecule has 5 nitrogen and oxygen atoms in total. The van der Waals surface area contributed by atoms with Crippen LogP contribution in [0.15, 0.2) is 66.7 Å². The molecule has 0 saturated carbocycles. The summed E-state index contributed by atoms with van der Waals surface area (Å²) in [6.07, 6.45) is 0. The van der Waals surface area contributed by atoms with E-state index in [0.717, 1.165) is 0 Å². The van der Waals surface area contributed by atoms with Crippen LogP contribution >= 0.6 is 23.2 Å². The van der Waals surface area contributed by atoms with Gasteiger partial charge in [-0.15, -0.1) is 0 Å². The molecular weight excluding hydrogens is 415 g/mol. The number of hydrogen-bond donors (Lipinski definition) is 0. The minimum Gasteiger partial charge on any atom is -0.420 e. The lowest BCUT2D eigenvalue weighted by Crippen LogP contribution is -2.15. The van der Waals surface area contributed by atoms with Gasteiger partial charge in [-0.1, -0.05) is 59.6 Å². The smallest absolute Gasteiger partial charge is 0.343 e. The highest BCUT2D eigenvalue weighted by Crippen LogP contribution is 2.42. The van der Waals surface area contributed by atoms with Crippen molar-refractivity contribution in [2.75, 3.05) is 0 Å². The maximum Gasteiger partial charge on any atom is 0.343 e. The molecule has 3 aromatic carbocycles. The average molecular weight is 429 g/mol. The van der Waals surface area contributed by atoms with Gasteiger partial charge >= 0.3 is 11.9 Å². The van der Waals surface area contributed by atoms with Gasteiger partial charge in [-0.25, -0.2) is 9.59 Å². The Morgan fingerprint density at radius 3 is 1.41 bits per heavy atom. The van der Waals surface area contributed by atoms with E-state index in [1.165, 1.54) is 13.0 Å². The summed E-state index contributed by atoms with van der Waals surface area (Å²) in [6.45, 7) is 1.22. The molecular formula is C22H14Cl2O5. The summed E-state index contributed by atoms with van der Waals surface area (Å²) in [6, 6.07) is 17.6. The molecule has 0 aromatic heterocycles. The second-order valence-electron chi connectivity index (χ2n) is 5.94. The molecule has 3 rings (SSSR count). The summed E-state index contributed by atoms with van der Waals surface area (Å²) in [5.74, 6) is -2.45. The topological polar surface area (TPSA) is 69.7 Å². The van der Waals surface area contributed by atoms with Crippen molar-refractivity contribution in [3.8, 4) is 11.5 Å². The average Bonchev–Trinajstić information content (AvgIpc) is 2.72. The largest absolute Gasteiger partial charge is 0.420 e. The van der Waals surface area contributed by atoms with Crippen LogP contribution in [-0.2, 0) is 0 Å². The van der Waals surface area contributed by atoms with Gasteiger partial charge in [0.2, 0.25) is 0 Å². The lowest BCUT2D eigenvalue weighted by Gasteiger charge is -2.16. The van der Waals surface area contributed by atoms with Gasteiger partial charge in [0.25, 0.3) is 0 Å². The van der Waals surface area contributed by atoms with E-state index in [1.807, 2.05) is 0 Å². The van der Waals surface area contributed by atoms with E-state index in [9.17, 15) is 14.4 Å². The van der Waals surface area contributed by atoms with Crippen LogP contribution in [0.25, 0.3) is 0 Å². The molecule has 0 aliphatic rings. The highest BCUT2D eigenvalue weighted by Gasteiger charge is 2.27. The lowest BCUT2D eigenvalue weighted by molar-refractivity contribution is 0.0729. The van der Waals surface area contributed by atoms with Crippen molar-refractivity contribution < 1.29 is 23.9 Å². The van der Waals surface area contributed by atoms with Crippen molar-refractivity contribution in [2.45, 2.75) is 6.92 Å². The maximum atomic E-state index is 12.4. The molecule has 0 radical (unpaired) electrons. The minimum absolute atomic E-state index is 0.0657. The third-order valence-electron chi connectivity index (χ3n) is 3.90. The zero-order valence-corrected chi connectivity index (χ0v) is 16.7. The van der Waals surface area contributed by atoms with Crippen molar-refractivity contribution in [2.24, 2.45) is 0 Å². The normalized spacial score (nSPS) is 10.3. The van der Waals surface area contributed by atoms with E-state index in [0.29, 0.717) is 0 Å². The van der Waals surface area contributed by atoms with E-state index >= 15 is 0 Å². The SMILES string of the molecule is CC(=O)c1c(OC(=O)c2ccccc2)c(Cl)cc(Cl)c1OC(=O)c1ccccc1. The summed E-state index contributed by atoms with van der Waals surface area (Å²) < 4.78 is 10.7. The molecule has 0 bridgehead atoms. The van der Waals surface area contributed by atoms with Gasteiger partial charge < -0.3 is 9.47 Å². The van der Waals surface area contributed by atoms with Crippen LogP contribution < -0.4 is 9.47 Å². The molecule has 0 N–H and O–H groups in total. The first-order chi connectivity index (χ1) is 13.9. The Labute approximate surface area is 176 Å². The van der Waals surface area contributed by atoms with Gasteiger partial charge in [-0.3, -0.25) is 4.79 Å². The molecule has 0 saturated heterocycles. The van der Waals surface area contributed by atoms with E-state index in [4.69, 9.17) is 32.7 Å². The number of hydrogen-bond acceptors (Lipinski definition) is 5. The fourth-order valence-corrected chi connectivity index (χ4v) is 3.10. The summed E-state index contributed by atoms with van der Waals surface area (Å²) >= 11 is 12.4. The Morgan fingerprint density at radius 1 is 0.690 bits per heavy atom. The van der Waals surface area contributed by atoms with Crippen LogP contribution in [0.4, 0.5) is 0 Å². The van der Waals surface area contributed by atoms with E-state index in [-0.39, 0.29) is 38.2 Å². The first-order valence-corrected chi connectivity index (χ1v) is 9.21. The Hall–Kier alpha value is -3.15. The third kappa shape index (κ3) is 4.65. The van der Waals surface area contributed by atoms with Crippen LogP contribution in [0.2, 0.25) is 10.0 Å². The molecule has 0 amide bonds. The van der Waals surface area contributed by atoms with Gasteiger partial charge in [0.15, 0.2) is 17.3 Å².